The molecule has 2 aliphatic rings. The Morgan fingerprint density at radius 2 is 0.886 bits per heavy atom. The summed E-state index contributed by atoms with van der Waals surface area (Å²) in [6.45, 7) is 3.67. The van der Waals surface area contributed by atoms with Crippen molar-refractivity contribution in [1.29, 1.82) is 0 Å². The third kappa shape index (κ3) is 30.4. The molecule has 0 spiro atoms. The van der Waals surface area contributed by atoms with E-state index in [-0.39, 0.29) is 25.6 Å². The van der Waals surface area contributed by atoms with Crippen LogP contribution in [0.2, 0.25) is 0 Å². The maximum Gasteiger partial charge on any atom is 0.306 e. The van der Waals surface area contributed by atoms with Gasteiger partial charge in [0.25, 0.3) is 0 Å². The molecule has 2 aliphatic heterocycles. The van der Waals surface area contributed by atoms with Crippen LogP contribution in [0.1, 0.15) is 213 Å². The van der Waals surface area contributed by atoms with Crippen molar-refractivity contribution in [3.8, 4) is 0 Å². The van der Waals surface area contributed by atoms with Gasteiger partial charge in [-0.05, 0) is 70.6 Å². The molecule has 11 unspecified atom stereocenters. The first-order valence-corrected chi connectivity index (χ1v) is 28.1. The van der Waals surface area contributed by atoms with Gasteiger partial charge >= 0.3 is 5.97 Å². The molecule has 7 N–H and O–H groups in total. The zero-order valence-electron chi connectivity index (χ0n) is 43.8. The summed E-state index contributed by atoms with van der Waals surface area (Å²) in [5.41, 5.74) is 0. The Balaban J connectivity index is 1.74. The van der Waals surface area contributed by atoms with E-state index in [4.69, 9.17) is 28.4 Å². The van der Waals surface area contributed by atoms with Crippen LogP contribution in [-0.4, -0.2) is 142 Å². The number of carbonyl (C=O) groups is 1. The predicted molar refractivity (Wildman–Crippen MR) is 275 cm³/mol. The maximum absolute atomic E-state index is 13.0. The van der Waals surface area contributed by atoms with E-state index in [1.54, 1.807) is 0 Å². The Bertz CT molecular complexity index is 1300. The van der Waals surface area contributed by atoms with Crippen LogP contribution in [0.4, 0.5) is 0 Å². The molecule has 0 aromatic rings. The lowest BCUT2D eigenvalue weighted by molar-refractivity contribution is -0.332. The fraction of sp³-hybridized carbons (Fsp3) is 0.875. The molecule has 0 radical (unpaired) electrons. The van der Waals surface area contributed by atoms with Crippen molar-refractivity contribution in [3.63, 3.8) is 0 Å². The molecule has 14 nitrogen and oxygen atoms in total. The summed E-state index contributed by atoms with van der Waals surface area (Å²) in [5, 5.41) is 72.3. The monoisotopic (exact) mass is 999 g/mol. The standard InChI is InChI=1S/C56H102O14/c1-3-5-7-9-11-13-15-17-19-21-22-24-26-28-30-32-34-36-38-40-65-42-45(68-48(58)39-37-35-33-31-29-27-25-23-20-18-16-14-12-10-8-6-4-2)43-66-55-54(64)52(62)50(60)47(70-55)44-67-56-53(63)51(61)49(59)46(41-57)69-56/h13,15,18-21,45-47,49-57,59-64H,3-12,14,16-17,22-44H2,1-2H3/b15-13-,20-18-,21-19-. The Morgan fingerprint density at radius 3 is 1.40 bits per heavy atom. The molecule has 0 aromatic heterocycles. The fourth-order valence-electron chi connectivity index (χ4n) is 8.78. The second-order valence-corrected chi connectivity index (χ2v) is 19.8. The molecule has 0 aromatic carbocycles. The molecule has 2 saturated heterocycles. The van der Waals surface area contributed by atoms with Crippen LogP contribution in [0, 0.1) is 0 Å². The van der Waals surface area contributed by atoms with E-state index >= 15 is 0 Å². The van der Waals surface area contributed by atoms with Gasteiger partial charge in [0, 0.05) is 13.0 Å². The van der Waals surface area contributed by atoms with Crippen LogP contribution >= 0.6 is 0 Å². The van der Waals surface area contributed by atoms with E-state index in [9.17, 15) is 40.5 Å². The zero-order chi connectivity index (χ0) is 50.9. The highest BCUT2D eigenvalue weighted by molar-refractivity contribution is 5.69. The molecule has 0 bridgehead atoms. The Kier molecular flexibility index (Phi) is 40.1. The summed E-state index contributed by atoms with van der Waals surface area (Å²) in [6, 6.07) is 0. The second-order valence-electron chi connectivity index (χ2n) is 19.8. The predicted octanol–water partition coefficient (Wildman–Crippen LogP) is 9.36. The zero-order valence-corrected chi connectivity index (χ0v) is 43.8. The fourth-order valence-corrected chi connectivity index (χ4v) is 8.78. The molecule has 11 atom stereocenters. The first-order valence-electron chi connectivity index (χ1n) is 28.1. The van der Waals surface area contributed by atoms with Crippen LogP contribution in [0.15, 0.2) is 36.5 Å². The Hall–Kier alpha value is -1.79. The largest absolute Gasteiger partial charge is 0.457 e. The second kappa shape index (κ2) is 43.6. The SMILES string of the molecule is CCCCCC/C=C\C/C=C\CCCCCCCCCCOCC(COC1OC(COC2OC(CO)C(O)C(O)C2O)C(O)C(O)C1O)OC(=O)CCCCCCCCC/C=C\CCCCCCCC. The topological polar surface area (TPSA) is 214 Å². The van der Waals surface area contributed by atoms with Crippen LogP contribution < -0.4 is 0 Å². The number of unbranched alkanes of at least 4 members (excludes halogenated alkanes) is 25. The molecule has 2 heterocycles. The number of aliphatic hydroxyl groups is 7. The molecule has 0 amide bonds. The van der Waals surface area contributed by atoms with Crippen molar-refractivity contribution in [2.24, 2.45) is 0 Å². The molecular weight excluding hydrogens is 897 g/mol. The van der Waals surface area contributed by atoms with E-state index in [1.165, 1.54) is 128 Å². The highest BCUT2D eigenvalue weighted by Crippen LogP contribution is 2.26. The summed E-state index contributed by atoms with van der Waals surface area (Å²) in [4.78, 5) is 13.0. The van der Waals surface area contributed by atoms with Gasteiger partial charge < -0.3 is 64.2 Å². The van der Waals surface area contributed by atoms with Gasteiger partial charge in [0.2, 0.25) is 0 Å². The molecule has 70 heavy (non-hydrogen) atoms. The molecule has 410 valence electrons. The van der Waals surface area contributed by atoms with Crippen LogP contribution in [0.3, 0.4) is 0 Å². The van der Waals surface area contributed by atoms with Gasteiger partial charge in [0.1, 0.15) is 54.9 Å². The highest BCUT2D eigenvalue weighted by atomic mass is 16.7. The molecule has 2 fully saturated rings. The smallest absolute Gasteiger partial charge is 0.306 e. The minimum absolute atomic E-state index is 0.0569. The first kappa shape index (κ1) is 64.3. The van der Waals surface area contributed by atoms with Gasteiger partial charge in [-0.25, -0.2) is 0 Å². The average Bonchev–Trinajstić information content (AvgIpc) is 3.36. The van der Waals surface area contributed by atoms with Gasteiger partial charge in [-0.1, -0.05) is 172 Å². The summed E-state index contributed by atoms with van der Waals surface area (Å²) in [6.07, 6.45) is 33.4. The van der Waals surface area contributed by atoms with Gasteiger partial charge in [-0.2, -0.15) is 0 Å². The van der Waals surface area contributed by atoms with Crippen LogP contribution in [0.25, 0.3) is 0 Å². The number of allylic oxidation sites excluding steroid dienone is 6. The summed E-state index contributed by atoms with van der Waals surface area (Å²) < 4.78 is 34.4. The average molecular weight is 999 g/mol. The summed E-state index contributed by atoms with van der Waals surface area (Å²) in [5.74, 6) is -0.381. The van der Waals surface area contributed by atoms with E-state index < -0.39 is 80.7 Å². The van der Waals surface area contributed by atoms with Gasteiger partial charge in [0.05, 0.1) is 26.4 Å². The Labute approximate surface area is 423 Å². The maximum atomic E-state index is 13.0. The van der Waals surface area contributed by atoms with E-state index in [0.29, 0.717) is 13.0 Å². The van der Waals surface area contributed by atoms with E-state index in [2.05, 4.69) is 50.3 Å². The lowest BCUT2D eigenvalue weighted by Gasteiger charge is -2.42. The van der Waals surface area contributed by atoms with Gasteiger partial charge in [0.15, 0.2) is 12.6 Å². The summed E-state index contributed by atoms with van der Waals surface area (Å²) in [7, 11) is 0. The van der Waals surface area contributed by atoms with Crippen LogP contribution in [-0.2, 0) is 33.2 Å². The number of rotatable bonds is 45. The normalized spacial score (nSPS) is 25.7. The van der Waals surface area contributed by atoms with Crippen molar-refractivity contribution in [2.45, 2.75) is 280 Å². The number of aliphatic hydroxyl groups excluding tert-OH is 7. The number of hydrogen-bond acceptors (Lipinski definition) is 14. The molecule has 0 saturated carbocycles. The number of ether oxygens (including phenoxy) is 6. The summed E-state index contributed by atoms with van der Waals surface area (Å²) >= 11 is 0. The van der Waals surface area contributed by atoms with E-state index in [0.717, 1.165) is 57.8 Å². The van der Waals surface area contributed by atoms with Crippen molar-refractivity contribution in [1.82, 2.24) is 0 Å². The van der Waals surface area contributed by atoms with Crippen LogP contribution in [0.5, 0.6) is 0 Å². The first-order chi connectivity index (χ1) is 34.1. The van der Waals surface area contributed by atoms with Gasteiger partial charge in [-0.3, -0.25) is 4.79 Å². The lowest BCUT2D eigenvalue weighted by Crippen LogP contribution is -2.61. The number of hydrogen-bond donors (Lipinski definition) is 7. The van der Waals surface area contributed by atoms with Crippen molar-refractivity contribution in [2.75, 3.05) is 33.0 Å². The van der Waals surface area contributed by atoms with Crippen molar-refractivity contribution >= 4 is 5.97 Å². The van der Waals surface area contributed by atoms with Gasteiger partial charge in [-0.15, -0.1) is 0 Å². The molecule has 2 rings (SSSR count). The van der Waals surface area contributed by atoms with E-state index in [1.807, 2.05) is 0 Å². The number of carbonyl (C=O) groups excluding carboxylic acids is 1. The van der Waals surface area contributed by atoms with Crippen molar-refractivity contribution < 1.29 is 69.0 Å². The highest BCUT2D eigenvalue weighted by Gasteiger charge is 2.47. The molecule has 0 aliphatic carbocycles. The molecular formula is C56H102O14. The molecule has 14 heteroatoms. The minimum Gasteiger partial charge on any atom is -0.457 e. The minimum atomic E-state index is -1.71. The number of esters is 1. The lowest BCUT2D eigenvalue weighted by atomic mass is 9.98. The third-order valence-electron chi connectivity index (χ3n) is 13.4. The quantitative estimate of drug-likeness (QED) is 0.0172. The van der Waals surface area contributed by atoms with Crippen molar-refractivity contribution in [3.05, 3.63) is 36.5 Å². The Morgan fingerprint density at radius 1 is 0.471 bits per heavy atom. The third-order valence-corrected chi connectivity index (χ3v) is 13.4.